The van der Waals surface area contributed by atoms with Gasteiger partial charge in [-0.05, 0) is 117 Å². The highest BCUT2D eigenvalue weighted by molar-refractivity contribution is 5.76. The number of piperazine rings is 1. The number of carboxylic acid groups (broad SMARTS) is 1. The van der Waals surface area contributed by atoms with Gasteiger partial charge >= 0.3 is 6.09 Å². The van der Waals surface area contributed by atoms with Gasteiger partial charge in [0.1, 0.15) is 0 Å². The van der Waals surface area contributed by atoms with Gasteiger partial charge < -0.3 is 20.0 Å². The third-order valence-corrected chi connectivity index (χ3v) is 12.4. The molecule has 5 fully saturated rings. The van der Waals surface area contributed by atoms with Crippen LogP contribution >= 0.6 is 0 Å². The molecule has 204 valence electrons. The lowest BCUT2D eigenvalue weighted by Crippen LogP contribution is -2.55. The highest BCUT2D eigenvalue weighted by atomic mass is 16.4. The van der Waals surface area contributed by atoms with E-state index in [1.165, 1.54) is 49.8 Å². The first-order valence-electron chi connectivity index (χ1n) is 15.0. The van der Waals surface area contributed by atoms with E-state index in [1.54, 1.807) is 0 Å². The number of amides is 2. The number of rotatable bonds is 4. The lowest BCUT2D eigenvalue weighted by molar-refractivity contribution is -0.135. The molecule has 1 saturated heterocycles. The zero-order chi connectivity index (χ0) is 25.8. The predicted molar refractivity (Wildman–Crippen MR) is 140 cm³/mol. The number of aliphatic hydroxyl groups excluding tert-OH is 1. The van der Waals surface area contributed by atoms with E-state index in [2.05, 4.69) is 20.8 Å². The van der Waals surface area contributed by atoms with Crippen molar-refractivity contribution in [1.82, 2.24) is 9.80 Å². The smallest absolute Gasteiger partial charge is 0.407 e. The molecule has 6 heteroatoms. The average molecular weight is 503 g/mol. The molecule has 0 aromatic heterocycles. The molecule has 4 saturated carbocycles. The molecule has 4 aliphatic carbocycles. The highest BCUT2D eigenvalue weighted by Gasteiger charge is 2.60. The van der Waals surface area contributed by atoms with E-state index in [0.717, 1.165) is 37.0 Å². The maximum absolute atomic E-state index is 13.0. The van der Waals surface area contributed by atoms with Gasteiger partial charge in [0, 0.05) is 32.1 Å². The van der Waals surface area contributed by atoms with Crippen LogP contribution in [0.1, 0.15) is 98.3 Å². The van der Waals surface area contributed by atoms with Crippen LogP contribution in [0.25, 0.3) is 0 Å². The van der Waals surface area contributed by atoms with Crippen LogP contribution in [0.3, 0.4) is 0 Å². The second-order valence-corrected chi connectivity index (χ2v) is 14.0. The summed E-state index contributed by atoms with van der Waals surface area (Å²) in [6.07, 6.45) is 11.9. The second kappa shape index (κ2) is 9.78. The monoisotopic (exact) mass is 502 g/mol. The van der Waals surface area contributed by atoms with Gasteiger partial charge in [-0.15, -0.1) is 0 Å². The van der Waals surface area contributed by atoms with E-state index in [4.69, 9.17) is 0 Å². The van der Waals surface area contributed by atoms with Crippen molar-refractivity contribution in [2.75, 3.05) is 19.6 Å². The molecule has 1 heterocycles. The van der Waals surface area contributed by atoms with Crippen LogP contribution in [0, 0.1) is 46.3 Å². The van der Waals surface area contributed by atoms with Gasteiger partial charge in [-0.1, -0.05) is 20.8 Å². The third-order valence-electron chi connectivity index (χ3n) is 12.4. The molecule has 36 heavy (non-hydrogen) atoms. The summed E-state index contributed by atoms with van der Waals surface area (Å²) in [5.74, 6) is 4.69. The molecular weight excluding hydrogens is 452 g/mol. The van der Waals surface area contributed by atoms with Crippen molar-refractivity contribution in [1.29, 1.82) is 0 Å². The Morgan fingerprint density at radius 1 is 0.972 bits per heavy atom. The molecule has 2 unspecified atom stereocenters. The molecule has 10 atom stereocenters. The van der Waals surface area contributed by atoms with Crippen LogP contribution in [0.5, 0.6) is 0 Å². The number of carbonyl (C=O) groups is 2. The predicted octanol–water partition coefficient (Wildman–Crippen LogP) is 5.63. The van der Waals surface area contributed by atoms with Crippen molar-refractivity contribution in [2.24, 2.45) is 46.3 Å². The number of hydrogen-bond acceptors (Lipinski definition) is 3. The van der Waals surface area contributed by atoms with Gasteiger partial charge in [0.2, 0.25) is 5.91 Å². The molecule has 1 aliphatic heterocycles. The largest absolute Gasteiger partial charge is 0.465 e. The first-order chi connectivity index (χ1) is 17.0. The van der Waals surface area contributed by atoms with E-state index in [-0.39, 0.29) is 18.1 Å². The lowest BCUT2D eigenvalue weighted by atomic mass is 9.44. The zero-order valence-electron chi connectivity index (χ0n) is 23.1. The van der Waals surface area contributed by atoms with E-state index < -0.39 is 6.09 Å². The maximum Gasteiger partial charge on any atom is 0.407 e. The van der Waals surface area contributed by atoms with Crippen LogP contribution < -0.4 is 0 Å². The van der Waals surface area contributed by atoms with Gasteiger partial charge in [0.15, 0.2) is 0 Å². The van der Waals surface area contributed by atoms with Gasteiger partial charge in [-0.25, -0.2) is 4.79 Å². The number of hydrogen-bond donors (Lipinski definition) is 2. The quantitative estimate of drug-likeness (QED) is 0.522. The van der Waals surface area contributed by atoms with Crippen LogP contribution in [0.2, 0.25) is 0 Å². The number of carbonyl (C=O) groups excluding carboxylic acids is 1. The van der Waals surface area contributed by atoms with Crippen LogP contribution in [-0.2, 0) is 4.79 Å². The molecule has 2 amide bonds. The number of aliphatic hydroxyl groups is 1. The summed E-state index contributed by atoms with van der Waals surface area (Å²) in [6, 6.07) is -0.133. The van der Waals surface area contributed by atoms with Gasteiger partial charge in [-0.2, -0.15) is 0 Å². The Bertz CT molecular complexity index is 849. The summed E-state index contributed by atoms with van der Waals surface area (Å²) in [5.41, 5.74) is 0.837. The summed E-state index contributed by atoms with van der Waals surface area (Å²) >= 11 is 0. The number of fused-ring (bicyclic) bond motifs is 5. The standard InChI is InChI=1S/C30H50N2O4/c1-19(5-10-27(34)31-15-16-32(28(35)36)20(2)18-31)24-8-9-25-23-7-6-21-17-22(33)11-13-29(21,3)26(23)12-14-30(24,25)4/h19-26,33H,5-18H2,1-4H3,(H,35,36)/t19?,20?,21-,22-,23-,24+,25-,26-,29-,30+/m0/s1. The lowest BCUT2D eigenvalue weighted by Gasteiger charge is -2.61. The minimum atomic E-state index is -0.884. The zero-order valence-corrected chi connectivity index (χ0v) is 23.1. The van der Waals surface area contributed by atoms with Crippen molar-refractivity contribution in [3.8, 4) is 0 Å². The Hall–Kier alpha value is -1.30. The summed E-state index contributed by atoms with van der Waals surface area (Å²) in [5, 5.41) is 19.6. The Kier molecular flexibility index (Phi) is 7.15. The van der Waals surface area contributed by atoms with E-state index in [1.807, 2.05) is 11.8 Å². The van der Waals surface area contributed by atoms with Crippen LogP contribution in [-0.4, -0.2) is 63.8 Å². The van der Waals surface area contributed by atoms with Crippen molar-refractivity contribution >= 4 is 12.0 Å². The van der Waals surface area contributed by atoms with Crippen molar-refractivity contribution in [3.63, 3.8) is 0 Å². The molecule has 6 nitrogen and oxygen atoms in total. The van der Waals surface area contributed by atoms with Gasteiger partial charge in [0.25, 0.3) is 0 Å². The highest BCUT2D eigenvalue weighted by Crippen LogP contribution is 2.68. The summed E-state index contributed by atoms with van der Waals surface area (Å²) in [6.45, 7) is 10.9. The van der Waals surface area contributed by atoms with Crippen molar-refractivity contribution in [2.45, 2.75) is 110 Å². The second-order valence-electron chi connectivity index (χ2n) is 14.0. The molecule has 5 rings (SSSR count). The van der Waals surface area contributed by atoms with E-state index >= 15 is 0 Å². The fraction of sp³-hybridized carbons (Fsp3) is 0.933. The van der Waals surface area contributed by atoms with Crippen molar-refractivity contribution in [3.05, 3.63) is 0 Å². The van der Waals surface area contributed by atoms with E-state index in [0.29, 0.717) is 54.6 Å². The molecule has 0 bridgehead atoms. The van der Waals surface area contributed by atoms with Gasteiger partial charge in [0.05, 0.1) is 6.10 Å². The number of nitrogens with zero attached hydrogens (tertiary/aromatic N) is 2. The molecule has 2 N–H and O–H groups in total. The summed E-state index contributed by atoms with van der Waals surface area (Å²) in [4.78, 5) is 27.7. The average Bonchev–Trinajstić information content (AvgIpc) is 3.19. The Labute approximate surface area is 218 Å². The normalized spacial score (nSPS) is 45.4. The third kappa shape index (κ3) is 4.37. The minimum absolute atomic E-state index is 0.0721. The molecular formula is C30H50N2O4. The summed E-state index contributed by atoms with van der Waals surface area (Å²) in [7, 11) is 0. The molecule has 0 aromatic carbocycles. The first-order valence-corrected chi connectivity index (χ1v) is 15.0. The summed E-state index contributed by atoms with van der Waals surface area (Å²) < 4.78 is 0. The Balaban J connectivity index is 1.19. The van der Waals surface area contributed by atoms with Gasteiger partial charge in [-0.3, -0.25) is 4.79 Å². The fourth-order valence-electron chi connectivity index (χ4n) is 10.4. The molecule has 0 spiro atoms. The maximum atomic E-state index is 13.0. The minimum Gasteiger partial charge on any atom is -0.465 e. The van der Waals surface area contributed by atoms with Crippen LogP contribution in [0.4, 0.5) is 4.79 Å². The molecule has 5 aliphatic rings. The fourth-order valence-corrected chi connectivity index (χ4v) is 10.4. The molecule has 0 aromatic rings. The van der Waals surface area contributed by atoms with Crippen molar-refractivity contribution < 1.29 is 19.8 Å². The Morgan fingerprint density at radius 3 is 2.42 bits per heavy atom. The molecule has 0 radical (unpaired) electrons. The first kappa shape index (κ1) is 26.3. The van der Waals surface area contributed by atoms with E-state index in [9.17, 15) is 19.8 Å². The topological polar surface area (TPSA) is 81.1 Å². The van der Waals surface area contributed by atoms with Crippen LogP contribution in [0.15, 0.2) is 0 Å². The SMILES string of the molecule is CC(CCC(=O)N1CCN(C(=O)O)C(C)C1)[C@H]1CC[C@H]2[C@@H]3CC[C@H]4C[C@@H](O)CC[C@]4(C)[C@H]3CC[C@]12C. The Morgan fingerprint density at radius 2 is 1.69 bits per heavy atom.